The fourth-order valence-corrected chi connectivity index (χ4v) is 3.34. The lowest BCUT2D eigenvalue weighted by atomic mass is 10.1. The summed E-state index contributed by atoms with van der Waals surface area (Å²) in [6.45, 7) is 6.33. The van der Waals surface area contributed by atoms with Crippen molar-refractivity contribution in [1.82, 2.24) is 20.2 Å². The minimum atomic E-state index is -0.625. The number of ether oxygens (including phenoxy) is 1. The van der Waals surface area contributed by atoms with Crippen LogP contribution in [0.15, 0.2) is 47.6 Å². The van der Waals surface area contributed by atoms with Crippen LogP contribution >= 0.6 is 11.8 Å². The highest BCUT2D eigenvalue weighted by Gasteiger charge is 2.14. The normalized spacial score (nSPS) is 12.2. The molecular formula is C19H22N4O2S. The minimum absolute atomic E-state index is 0.227. The van der Waals surface area contributed by atoms with E-state index in [0.29, 0.717) is 10.9 Å². The summed E-state index contributed by atoms with van der Waals surface area (Å²) in [4.78, 5) is 0. The number of aryl methyl sites for hydroxylation is 2. The minimum Gasteiger partial charge on any atom is -0.490 e. The van der Waals surface area contributed by atoms with Gasteiger partial charge in [-0.15, -0.1) is 5.10 Å². The number of aromatic nitrogens is 4. The molecule has 6 nitrogen and oxygen atoms in total. The van der Waals surface area contributed by atoms with Crippen LogP contribution in [0.1, 0.15) is 16.7 Å². The molecule has 1 aromatic heterocycles. The molecule has 26 heavy (non-hydrogen) atoms. The van der Waals surface area contributed by atoms with E-state index < -0.39 is 6.10 Å². The van der Waals surface area contributed by atoms with Gasteiger partial charge in [-0.05, 0) is 60.0 Å². The molecule has 0 amide bonds. The van der Waals surface area contributed by atoms with E-state index in [1.807, 2.05) is 50.2 Å². The van der Waals surface area contributed by atoms with Crippen LogP contribution in [0.4, 0.5) is 0 Å². The summed E-state index contributed by atoms with van der Waals surface area (Å²) in [6, 6.07) is 13.8. The number of aliphatic hydroxyl groups is 1. The van der Waals surface area contributed by atoms with Gasteiger partial charge in [0.05, 0.1) is 11.8 Å². The average Bonchev–Trinajstić information content (AvgIpc) is 3.12. The van der Waals surface area contributed by atoms with Crippen molar-refractivity contribution >= 4 is 11.8 Å². The topological polar surface area (TPSA) is 73.1 Å². The van der Waals surface area contributed by atoms with Gasteiger partial charge in [0, 0.05) is 5.75 Å². The molecule has 3 rings (SSSR count). The van der Waals surface area contributed by atoms with Crippen molar-refractivity contribution in [2.24, 2.45) is 0 Å². The van der Waals surface area contributed by atoms with Crippen molar-refractivity contribution in [2.75, 3.05) is 12.4 Å². The maximum Gasteiger partial charge on any atom is 0.214 e. The second-order valence-corrected chi connectivity index (χ2v) is 7.13. The number of tetrazole rings is 1. The van der Waals surface area contributed by atoms with E-state index in [0.717, 1.165) is 22.6 Å². The lowest BCUT2D eigenvalue weighted by Gasteiger charge is -2.16. The van der Waals surface area contributed by atoms with E-state index in [-0.39, 0.29) is 6.61 Å². The maximum absolute atomic E-state index is 10.3. The van der Waals surface area contributed by atoms with E-state index in [2.05, 4.69) is 28.5 Å². The summed E-state index contributed by atoms with van der Waals surface area (Å²) in [7, 11) is 0. The molecule has 0 bridgehead atoms. The highest BCUT2D eigenvalue weighted by molar-refractivity contribution is 7.99. The third-order valence-electron chi connectivity index (χ3n) is 4.14. The maximum atomic E-state index is 10.3. The predicted octanol–water partition coefficient (Wildman–Crippen LogP) is 3.12. The number of thioether (sulfide) groups is 1. The zero-order valence-electron chi connectivity index (χ0n) is 15.1. The summed E-state index contributed by atoms with van der Waals surface area (Å²) in [5, 5.41) is 22.7. The van der Waals surface area contributed by atoms with E-state index in [1.54, 1.807) is 4.68 Å². The molecule has 0 radical (unpaired) electrons. The molecule has 1 heterocycles. The van der Waals surface area contributed by atoms with E-state index in [9.17, 15) is 5.11 Å². The summed E-state index contributed by atoms with van der Waals surface area (Å²) in [6.07, 6.45) is -0.625. The third-order valence-corrected chi connectivity index (χ3v) is 5.20. The Hall–Kier alpha value is -2.38. The van der Waals surface area contributed by atoms with Crippen LogP contribution < -0.4 is 4.74 Å². The Kier molecular flexibility index (Phi) is 5.90. The molecule has 3 aromatic rings. The number of hydrogen-bond donors (Lipinski definition) is 1. The summed E-state index contributed by atoms with van der Waals surface area (Å²) < 4.78 is 7.53. The molecule has 0 saturated carbocycles. The third kappa shape index (κ3) is 4.23. The number of hydrogen-bond acceptors (Lipinski definition) is 6. The smallest absolute Gasteiger partial charge is 0.214 e. The molecule has 0 aliphatic heterocycles. The molecule has 136 valence electrons. The Morgan fingerprint density at radius 2 is 1.81 bits per heavy atom. The second-order valence-electron chi connectivity index (χ2n) is 6.14. The molecule has 0 saturated heterocycles. The summed E-state index contributed by atoms with van der Waals surface area (Å²) in [5.74, 6) is 1.29. The fourth-order valence-electron chi connectivity index (χ4n) is 2.55. The van der Waals surface area contributed by atoms with Crippen LogP contribution in [0.5, 0.6) is 5.75 Å². The van der Waals surface area contributed by atoms with E-state index in [1.165, 1.54) is 17.3 Å². The molecule has 2 aromatic carbocycles. The van der Waals surface area contributed by atoms with Crippen LogP contribution in [0.2, 0.25) is 0 Å². The van der Waals surface area contributed by atoms with Gasteiger partial charge in [0.25, 0.3) is 0 Å². The van der Waals surface area contributed by atoms with Crippen LogP contribution in [0.25, 0.3) is 5.69 Å². The molecular weight excluding hydrogens is 348 g/mol. The van der Waals surface area contributed by atoms with Crippen molar-refractivity contribution < 1.29 is 9.84 Å². The van der Waals surface area contributed by atoms with Gasteiger partial charge >= 0.3 is 0 Å². The van der Waals surface area contributed by atoms with E-state index in [4.69, 9.17) is 4.74 Å². The van der Waals surface area contributed by atoms with Crippen LogP contribution in [-0.2, 0) is 0 Å². The first kappa shape index (κ1) is 18.4. The van der Waals surface area contributed by atoms with Crippen molar-refractivity contribution in [3.63, 3.8) is 0 Å². The van der Waals surface area contributed by atoms with Gasteiger partial charge in [-0.1, -0.05) is 42.1 Å². The summed E-state index contributed by atoms with van der Waals surface area (Å²) in [5.41, 5.74) is 4.24. The van der Waals surface area contributed by atoms with Gasteiger partial charge in [0.2, 0.25) is 5.16 Å². The van der Waals surface area contributed by atoms with Crippen molar-refractivity contribution in [3.8, 4) is 11.4 Å². The van der Waals surface area contributed by atoms with Crippen LogP contribution in [0.3, 0.4) is 0 Å². The molecule has 0 spiro atoms. The Bertz CT molecular complexity index is 867. The Morgan fingerprint density at radius 3 is 2.58 bits per heavy atom. The second kappa shape index (κ2) is 8.33. The quantitative estimate of drug-likeness (QED) is 0.644. The van der Waals surface area contributed by atoms with Gasteiger partial charge < -0.3 is 9.84 Å². The standard InChI is InChI=1S/C19H22N4O2S/c1-13-9-10-14(2)18(15(13)3)25-11-17(24)12-26-19-20-21-22-23(19)16-7-5-4-6-8-16/h4-10,17,24H,11-12H2,1-3H3/t17-/m1/s1. The molecule has 0 fully saturated rings. The number of nitrogens with zero attached hydrogens (tertiary/aromatic N) is 4. The van der Waals surface area contributed by atoms with Gasteiger partial charge in [-0.2, -0.15) is 4.68 Å². The van der Waals surface area contributed by atoms with E-state index >= 15 is 0 Å². The van der Waals surface area contributed by atoms with Crippen molar-refractivity contribution in [2.45, 2.75) is 32.0 Å². The molecule has 1 atom stereocenters. The fraction of sp³-hybridized carbons (Fsp3) is 0.316. The number of aliphatic hydroxyl groups excluding tert-OH is 1. The van der Waals surface area contributed by atoms with Crippen LogP contribution in [-0.4, -0.2) is 43.8 Å². The van der Waals surface area contributed by atoms with Crippen LogP contribution in [0, 0.1) is 20.8 Å². The predicted molar refractivity (Wildman–Crippen MR) is 102 cm³/mol. The molecule has 0 aliphatic carbocycles. The average molecular weight is 370 g/mol. The largest absolute Gasteiger partial charge is 0.490 e. The SMILES string of the molecule is Cc1ccc(C)c(OC[C@@H](O)CSc2nnnn2-c2ccccc2)c1C. The van der Waals surface area contributed by atoms with Gasteiger partial charge in [-0.25, -0.2) is 0 Å². The first-order chi connectivity index (χ1) is 12.6. The van der Waals surface area contributed by atoms with Gasteiger partial charge in [0.15, 0.2) is 0 Å². The summed E-state index contributed by atoms with van der Waals surface area (Å²) >= 11 is 1.40. The highest BCUT2D eigenvalue weighted by Crippen LogP contribution is 2.26. The zero-order chi connectivity index (χ0) is 18.5. The zero-order valence-corrected chi connectivity index (χ0v) is 15.9. The first-order valence-corrected chi connectivity index (χ1v) is 9.39. The molecule has 7 heteroatoms. The lowest BCUT2D eigenvalue weighted by molar-refractivity contribution is 0.125. The Balaban J connectivity index is 1.58. The van der Waals surface area contributed by atoms with Crippen molar-refractivity contribution in [1.29, 1.82) is 0 Å². The monoisotopic (exact) mass is 370 g/mol. The molecule has 0 aliphatic rings. The van der Waals surface area contributed by atoms with Gasteiger partial charge in [-0.3, -0.25) is 0 Å². The number of benzene rings is 2. The van der Waals surface area contributed by atoms with Gasteiger partial charge in [0.1, 0.15) is 12.4 Å². The highest BCUT2D eigenvalue weighted by atomic mass is 32.2. The lowest BCUT2D eigenvalue weighted by Crippen LogP contribution is -2.21. The Morgan fingerprint density at radius 1 is 1.08 bits per heavy atom. The number of para-hydroxylation sites is 1. The number of rotatable bonds is 7. The van der Waals surface area contributed by atoms with Crippen molar-refractivity contribution in [3.05, 3.63) is 59.2 Å². The Labute approximate surface area is 157 Å². The first-order valence-electron chi connectivity index (χ1n) is 8.40. The molecule has 1 N–H and O–H groups in total. The molecule has 0 unspecified atom stereocenters.